The fourth-order valence-corrected chi connectivity index (χ4v) is 1.99. The van der Waals surface area contributed by atoms with E-state index in [-0.39, 0.29) is 0 Å². The van der Waals surface area contributed by atoms with Gasteiger partial charge in [-0.1, -0.05) is 0 Å². The summed E-state index contributed by atoms with van der Waals surface area (Å²) in [5.74, 6) is 3.63. The van der Waals surface area contributed by atoms with E-state index in [0.29, 0.717) is 6.04 Å². The molecule has 0 aromatic rings. The summed E-state index contributed by atoms with van der Waals surface area (Å²) in [5, 5.41) is 0. The number of hydrogen-bond acceptors (Lipinski definition) is 2. The van der Waals surface area contributed by atoms with Gasteiger partial charge in [0.15, 0.2) is 0 Å². The van der Waals surface area contributed by atoms with Crippen LogP contribution in [0.1, 0.15) is 32.6 Å². The standard InChI is InChI=1S/C13H23NO/c1-4-5-6-9-14(10-11-15-3)12(2)13-7-8-13/h1,12-13H,5-11H2,2-3H3. The van der Waals surface area contributed by atoms with Crippen LogP contribution >= 0.6 is 0 Å². The van der Waals surface area contributed by atoms with E-state index < -0.39 is 0 Å². The molecule has 0 N–H and O–H groups in total. The largest absolute Gasteiger partial charge is 0.383 e. The van der Waals surface area contributed by atoms with Gasteiger partial charge in [0.05, 0.1) is 6.61 Å². The summed E-state index contributed by atoms with van der Waals surface area (Å²) >= 11 is 0. The average Bonchev–Trinajstić information content (AvgIpc) is 3.06. The number of nitrogens with zero attached hydrogens (tertiary/aromatic N) is 1. The van der Waals surface area contributed by atoms with E-state index in [4.69, 9.17) is 11.2 Å². The van der Waals surface area contributed by atoms with Gasteiger partial charge in [0, 0.05) is 26.1 Å². The Bertz CT molecular complexity index is 205. The lowest BCUT2D eigenvalue weighted by atomic mass is 10.1. The van der Waals surface area contributed by atoms with Crippen LogP contribution in [0.25, 0.3) is 0 Å². The molecule has 1 unspecified atom stereocenters. The molecule has 86 valence electrons. The maximum Gasteiger partial charge on any atom is 0.0589 e. The average molecular weight is 209 g/mol. The Morgan fingerprint density at radius 1 is 1.47 bits per heavy atom. The van der Waals surface area contributed by atoms with E-state index in [9.17, 15) is 0 Å². The smallest absolute Gasteiger partial charge is 0.0589 e. The van der Waals surface area contributed by atoms with Crippen LogP contribution < -0.4 is 0 Å². The Balaban J connectivity index is 2.27. The number of ether oxygens (including phenoxy) is 1. The zero-order valence-electron chi connectivity index (χ0n) is 10.0. The third-order valence-corrected chi connectivity index (χ3v) is 3.23. The first-order chi connectivity index (χ1) is 7.29. The van der Waals surface area contributed by atoms with Gasteiger partial charge in [0.2, 0.25) is 0 Å². The molecule has 0 radical (unpaired) electrons. The molecule has 0 aliphatic heterocycles. The monoisotopic (exact) mass is 209 g/mol. The number of hydrogen-bond donors (Lipinski definition) is 0. The van der Waals surface area contributed by atoms with E-state index in [0.717, 1.165) is 38.5 Å². The molecule has 1 fully saturated rings. The first kappa shape index (κ1) is 12.5. The lowest BCUT2D eigenvalue weighted by Gasteiger charge is -2.28. The van der Waals surface area contributed by atoms with Crippen LogP contribution in [0.15, 0.2) is 0 Å². The van der Waals surface area contributed by atoms with Crippen molar-refractivity contribution < 1.29 is 4.74 Å². The van der Waals surface area contributed by atoms with Crippen LogP contribution in [-0.4, -0.2) is 37.7 Å². The minimum Gasteiger partial charge on any atom is -0.383 e. The number of rotatable bonds is 8. The summed E-state index contributed by atoms with van der Waals surface area (Å²) in [6.45, 7) is 5.32. The van der Waals surface area contributed by atoms with Gasteiger partial charge in [-0.15, -0.1) is 12.3 Å². The van der Waals surface area contributed by atoms with Crippen molar-refractivity contribution in [1.82, 2.24) is 4.90 Å². The van der Waals surface area contributed by atoms with E-state index in [1.54, 1.807) is 7.11 Å². The van der Waals surface area contributed by atoms with Crippen molar-refractivity contribution in [2.75, 3.05) is 26.8 Å². The highest BCUT2D eigenvalue weighted by atomic mass is 16.5. The SMILES string of the molecule is C#CCCCN(CCOC)C(C)C1CC1. The Hall–Kier alpha value is -0.520. The summed E-state index contributed by atoms with van der Waals surface area (Å²) in [6.07, 6.45) is 10.1. The molecule has 0 aromatic heterocycles. The van der Waals surface area contributed by atoms with Crippen LogP contribution in [0, 0.1) is 18.3 Å². The highest BCUT2D eigenvalue weighted by Gasteiger charge is 2.31. The second-order valence-electron chi connectivity index (χ2n) is 4.41. The van der Waals surface area contributed by atoms with Gasteiger partial charge in [-0.25, -0.2) is 0 Å². The Labute approximate surface area is 94.0 Å². The third kappa shape index (κ3) is 4.68. The topological polar surface area (TPSA) is 12.5 Å². The van der Waals surface area contributed by atoms with Crippen molar-refractivity contribution in [2.45, 2.75) is 38.6 Å². The molecule has 1 aliphatic rings. The fourth-order valence-electron chi connectivity index (χ4n) is 1.99. The third-order valence-electron chi connectivity index (χ3n) is 3.23. The maximum absolute atomic E-state index is 5.27. The lowest BCUT2D eigenvalue weighted by Crippen LogP contribution is -2.37. The summed E-state index contributed by atoms with van der Waals surface area (Å²) in [5.41, 5.74) is 0. The Morgan fingerprint density at radius 3 is 2.73 bits per heavy atom. The second-order valence-corrected chi connectivity index (χ2v) is 4.41. The molecule has 1 aliphatic carbocycles. The molecule has 0 spiro atoms. The van der Waals surface area contributed by atoms with E-state index in [2.05, 4.69) is 17.7 Å². The molecule has 0 bridgehead atoms. The van der Waals surface area contributed by atoms with Crippen molar-refractivity contribution in [2.24, 2.45) is 5.92 Å². The quantitative estimate of drug-likeness (QED) is 0.448. The molecular formula is C13H23NO. The molecular weight excluding hydrogens is 186 g/mol. The molecule has 2 nitrogen and oxygen atoms in total. The summed E-state index contributed by atoms with van der Waals surface area (Å²) in [6, 6.07) is 0.706. The van der Waals surface area contributed by atoms with Gasteiger partial charge in [-0.05, 0) is 38.6 Å². The Morgan fingerprint density at radius 2 is 2.20 bits per heavy atom. The predicted molar refractivity (Wildman–Crippen MR) is 63.7 cm³/mol. The minimum atomic E-state index is 0.706. The van der Waals surface area contributed by atoms with Gasteiger partial charge in [0.1, 0.15) is 0 Å². The van der Waals surface area contributed by atoms with Crippen molar-refractivity contribution in [3.63, 3.8) is 0 Å². The molecule has 1 rings (SSSR count). The number of terminal acetylenes is 1. The zero-order chi connectivity index (χ0) is 11.1. The van der Waals surface area contributed by atoms with Crippen molar-refractivity contribution >= 4 is 0 Å². The first-order valence-corrected chi connectivity index (χ1v) is 5.96. The number of methoxy groups -OCH3 is 1. The van der Waals surface area contributed by atoms with Crippen molar-refractivity contribution in [3.05, 3.63) is 0 Å². The molecule has 15 heavy (non-hydrogen) atoms. The molecule has 1 saturated carbocycles. The second kappa shape index (κ2) is 6.87. The summed E-state index contributed by atoms with van der Waals surface area (Å²) in [7, 11) is 1.77. The van der Waals surface area contributed by atoms with E-state index in [1.165, 1.54) is 12.8 Å². The maximum atomic E-state index is 5.27. The van der Waals surface area contributed by atoms with Crippen LogP contribution in [0.5, 0.6) is 0 Å². The van der Waals surface area contributed by atoms with Gasteiger partial charge in [-0.2, -0.15) is 0 Å². The Kier molecular flexibility index (Phi) is 5.75. The minimum absolute atomic E-state index is 0.706. The predicted octanol–water partition coefficient (Wildman–Crippen LogP) is 2.15. The van der Waals surface area contributed by atoms with E-state index >= 15 is 0 Å². The lowest BCUT2D eigenvalue weighted by molar-refractivity contribution is 0.116. The first-order valence-electron chi connectivity index (χ1n) is 5.96. The van der Waals surface area contributed by atoms with Gasteiger partial charge in [0.25, 0.3) is 0 Å². The summed E-state index contributed by atoms with van der Waals surface area (Å²) < 4.78 is 5.15. The fraction of sp³-hybridized carbons (Fsp3) is 0.846. The molecule has 0 heterocycles. The van der Waals surface area contributed by atoms with E-state index in [1.807, 2.05) is 0 Å². The molecule has 0 saturated heterocycles. The molecule has 2 heteroatoms. The molecule has 0 amide bonds. The molecule has 1 atom stereocenters. The van der Waals surface area contributed by atoms with Crippen molar-refractivity contribution in [1.29, 1.82) is 0 Å². The van der Waals surface area contributed by atoms with Crippen LogP contribution in [0.3, 0.4) is 0 Å². The normalized spacial score (nSPS) is 17.7. The summed E-state index contributed by atoms with van der Waals surface area (Å²) in [4.78, 5) is 2.53. The van der Waals surface area contributed by atoms with Gasteiger partial charge < -0.3 is 4.74 Å². The highest BCUT2D eigenvalue weighted by molar-refractivity contribution is 4.87. The van der Waals surface area contributed by atoms with Crippen LogP contribution in [0.2, 0.25) is 0 Å². The van der Waals surface area contributed by atoms with Crippen LogP contribution in [0.4, 0.5) is 0 Å². The zero-order valence-corrected chi connectivity index (χ0v) is 10.0. The highest BCUT2D eigenvalue weighted by Crippen LogP contribution is 2.35. The van der Waals surface area contributed by atoms with Gasteiger partial charge >= 0.3 is 0 Å². The molecule has 0 aromatic carbocycles. The van der Waals surface area contributed by atoms with Gasteiger partial charge in [-0.3, -0.25) is 4.90 Å². The number of unbranched alkanes of at least 4 members (excludes halogenated alkanes) is 1. The van der Waals surface area contributed by atoms with Crippen molar-refractivity contribution in [3.8, 4) is 12.3 Å². The van der Waals surface area contributed by atoms with Crippen LogP contribution in [-0.2, 0) is 4.74 Å².